The Labute approximate surface area is 105 Å². The van der Waals surface area contributed by atoms with Crippen LogP contribution in [-0.4, -0.2) is 37.0 Å². The summed E-state index contributed by atoms with van der Waals surface area (Å²) in [7, 11) is 0. The van der Waals surface area contributed by atoms with E-state index < -0.39 is 0 Å². The third kappa shape index (κ3) is 4.30. The second-order valence-electron chi connectivity index (χ2n) is 5.72. The molecule has 17 heavy (non-hydrogen) atoms. The highest BCUT2D eigenvalue weighted by atomic mass is 16.2. The number of carbonyl (C=O) groups is 1. The minimum absolute atomic E-state index is 0.286. The summed E-state index contributed by atoms with van der Waals surface area (Å²) in [5, 5.41) is 3.06. The SMILES string of the molecule is C[C@H]1C[C@@H]1C(=O)NCCCN1CCCCCC1. The highest BCUT2D eigenvalue weighted by molar-refractivity contribution is 5.81. The first kappa shape index (κ1) is 12.9. The molecule has 3 nitrogen and oxygen atoms in total. The quantitative estimate of drug-likeness (QED) is 0.743. The summed E-state index contributed by atoms with van der Waals surface area (Å²) in [4.78, 5) is 14.2. The van der Waals surface area contributed by atoms with Gasteiger partial charge in [-0.15, -0.1) is 0 Å². The Morgan fingerprint density at radius 3 is 2.47 bits per heavy atom. The van der Waals surface area contributed by atoms with Gasteiger partial charge in [-0.05, 0) is 51.2 Å². The molecule has 0 aromatic rings. The van der Waals surface area contributed by atoms with E-state index in [4.69, 9.17) is 0 Å². The molecule has 0 radical (unpaired) electrons. The summed E-state index contributed by atoms with van der Waals surface area (Å²) in [6.07, 6.45) is 7.70. The Kier molecular flexibility index (Phi) is 4.84. The molecule has 1 aliphatic carbocycles. The maximum absolute atomic E-state index is 11.6. The van der Waals surface area contributed by atoms with E-state index in [1.54, 1.807) is 0 Å². The Balaban J connectivity index is 1.51. The van der Waals surface area contributed by atoms with Crippen LogP contribution in [0.25, 0.3) is 0 Å². The van der Waals surface area contributed by atoms with Crippen molar-refractivity contribution in [3.63, 3.8) is 0 Å². The highest BCUT2D eigenvalue weighted by Gasteiger charge is 2.38. The van der Waals surface area contributed by atoms with Gasteiger partial charge in [0.1, 0.15) is 0 Å². The molecular weight excluding hydrogens is 212 g/mol. The third-order valence-corrected chi connectivity index (χ3v) is 4.10. The average molecular weight is 238 g/mol. The monoisotopic (exact) mass is 238 g/mol. The number of nitrogens with zero attached hydrogens (tertiary/aromatic N) is 1. The predicted molar refractivity (Wildman–Crippen MR) is 69.8 cm³/mol. The molecule has 1 aliphatic heterocycles. The summed E-state index contributed by atoms with van der Waals surface area (Å²) >= 11 is 0. The van der Waals surface area contributed by atoms with Crippen LogP contribution in [0.1, 0.15) is 45.4 Å². The van der Waals surface area contributed by atoms with E-state index in [0.29, 0.717) is 11.8 Å². The lowest BCUT2D eigenvalue weighted by atomic mass is 10.2. The molecule has 2 rings (SSSR count). The fourth-order valence-corrected chi connectivity index (χ4v) is 2.69. The summed E-state index contributed by atoms with van der Waals surface area (Å²) in [6, 6.07) is 0. The largest absolute Gasteiger partial charge is 0.356 e. The minimum atomic E-state index is 0.286. The summed E-state index contributed by atoms with van der Waals surface area (Å²) < 4.78 is 0. The lowest BCUT2D eigenvalue weighted by Gasteiger charge is -2.19. The molecule has 1 N–H and O–H groups in total. The van der Waals surface area contributed by atoms with Crippen LogP contribution >= 0.6 is 0 Å². The molecule has 0 unspecified atom stereocenters. The van der Waals surface area contributed by atoms with Crippen molar-refractivity contribution in [1.29, 1.82) is 0 Å². The first-order valence-corrected chi connectivity index (χ1v) is 7.27. The van der Waals surface area contributed by atoms with Gasteiger partial charge in [-0.1, -0.05) is 19.8 Å². The standard InChI is InChI=1S/C14H26N2O/c1-12-11-13(12)14(17)15-7-6-10-16-8-4-2-3-5-9-16/h12-13H,2-11H2,1H3,(H,15,17)/t12-,13-/m0/s1. The molecule has 0 aromatic heterocycles. The number of nitrogens with one attached hydrogen (secondary N) is 1. The first-order valence-electron chi connectivity index (χ1n) is 7.27. The molecule has 1 saturated carbocycles. The van der Waals surface area contributed by atoms with Crippen LogP contribution in [0.15, 0.2) is 0 Å². The fourth-order valence-electron chi connectivity index (χ4n) is 2.69. The molecule has 3 heteroatoms. The second-order valence-corrected chi connectivity index (χ2v) is 5.72. The van der Waals surface area contributed by atoms with Gasteiger partial charge in [-0.2, -0.15) is 0 Å². The fraction of sp³-hybridized carbons (Fsp3) is 0.929. The van der Waals surface area contributed by atoms with Gasteiger partial charge in [0, 0.05) is 12.5 Å². The number of hydrogen-bond donors (Lipinski definition) is 1. The van der Waals surface area contributed by atoms with E-state index in [0.717, 1.165) is 25.9 Å². The molecule has 0 bridgehead atoms. The number of hydrogen-bond acceptors (Lipinski definition) is 2. The zero-order chi connectivity index (χ0) is 12.1. The zero-order valence-corrected chi connectivity index (χ0v) is 11.1. The normalized spacial score (nSPS) is 29.7. The molecular formula is C14H26N2O. The molecule has 98 valence electrons. The first-order chi connectivity index (χ1) is 8.27. The van der Waals surface area contributed by atoms with Crippen molar-refractivity contribution in [2.75, 3.05) is 26.2 Å². The molecule has 0 spiro atoms. The van der Waals surface area contributed by atoms with E-state index in [1.165, 1.54) is 38.8 Å². The number of likely N-dealkylation sites (tertiary alicyclic amines) is 1. The zero-order valence-electron chi connectivity index (χ0n) is 11.1. The van der Waals surface area contributed by atoms with Crippen molar-refractivity contribution in [2.24, 2.45) is 11.8 Å². The van der Waals surface area contributed by atoms with Crippen LogP contribution in [-0.2, 0) is 4.79 Å². The van der Waals surface area contributed by atoms with Gasteiger partial charge < -0.3 is 10.2 Å². The van der Waals surface area contributed by atoms with Gasteiger partial charge in [-0.25, -0.2) is 0 Å². The van der Waals surface area contributed by atoms with Gasteiger partial charge in [0.15, 0.2) is 0 Å². The van der Waals surface area contributed by atoms with Crippen molar-refractivity contribution in [2.45, 2.75) is 45.4 Å². The van der Waals surface area contributed by atoms with E-state index in [2.05, 4.69) is 17.1 Å². The third-order valence-electron chi connectivity index (χ3n) is 4.10. The number of carbonyl (C=O) groups excluding carboxylic acids is 1. The average Bonchev–Trinajstić information content (AvgIpc) is 3.08. The van der Waals surface area contributed by atoms with Crippen LogP contribution in [0, 0.1) is 11.8 Å². The summed E-state index contributed by atoms with van der Waals surface area (Å²) in [5.74, 6) is 1.24. The Morgan fingerprint density at radius 2 is 1.88 bits per heavy atom. The van der Waals surface area contributed by atoms with Crippen LogP contribution < -0.4 is 5.32 Å². The molecule has 2 atom stereocenters. The molecule has 0 aromatic carbocycles. The minimum Gasteiger partial charge on any atom is -0.356 e. The van der Waals surface area contributed by atoms with Gasteiger partial charge in [0.2, 0.25) is 5.91 Å². The molecule has 1 heterocycles. The van der Waals surface area contributed by atoms with Crippen molar-refractivity contribution < 1.29 is 4.79 Å². The van der Waals surface area contributed by atoms with Crippen LogP contribution in [0.3, 0.4) is 0 Å². The Morgan fingerprint density at radius 1 is 1.24 bits per heavy atom. The van der Waals surface area contributed by atoms with Crippen LogP contribution in [0.4, 0.5) is 0 Å². The van der Waals surface area contributed by atoms with Gasteiger partial charge in [-0.3, -0.25) is 4.79 Å². The van der Waals surface area contributed by atoms with Gasteiger partial charge in [0.25, 0.3) is 0 Å². The van der Waals surface area contributed by atoms with Crippen LogP contribution in [0.5, 0.6) is 0 Å². The molecule has 2 aliphatic rings. The summed E-state index contributed by atoms with van der Waals surface area (Å²) in [6.45, 7) is 6.68. The molecule has 1 amide bonds. The Hall–Kier alpha value is -0.570. The van der Waals surface area contributed by atoms with Crippen LogP contribution in [0.2, 0.25) is 0 Å². The van der Waals surface area contributed by atoms with Crippen molar-refractivity contribution >= 4 is 5.91 Å². The molecule has 2 fully saturated rings. The Bertz CT molecular complexity index is 247. The van der Waals surface area contributed by atoms with Gasteiger partial charge >= 0.3 is 0 Å². The lowest BCUT2D eigenvalue weighted by Crippen LogP contribution is -2.31. The number of rotatable bonds is 5. The van der Waals surface area contributed by atoms with E-state index in [9.17, 15) is 4.79 Å². The predicted octanol–water partition coefficient (Wildman–Crippen LogP) is 2.02. The van der Waals surface area contributed by atoms with Crippen molar-refractivity contribution in [3.8, 4) is 0 Å². The molecule has 1 saturated heterocycles. The summed E-state index contributed by atoms with van der Waals surface area (Å²) in [5.41, 5.74) is 0. The highest BCUT2D eigenvalue weighted by Crippen LogP contribution is 2.37. The number of amides is 1. The maximum atomic E-state index is 11.6. The second kappa shape index (κ2) is 6.39. The van der Waals surface area contributed by atoms with Crippen molar-refractivity contribution in [1.82, 2.24) is 10.2 Å². The van der Waals surface area contributed by atoms with E-state index in [-0.39, 0.29) is 5.91 Å². The smallest absolute Gasteiger partial charge is 0.223 e. The van der Waals surface area contributed by atoms with Crippen molar-refractivity contribution in [3.05, 3.63) is 0 Å². The lowest BCUT2D eigenvalue weighted by molar-refractivity contribution is -0.122. The van der Waals surface area contributed by atoms with Gasteiger partial charge in [0.05, 0.1) is 0 Å². The van der Waals surface area contributed by atoms with E-state index in [1.807, 2.05) is 0 Å². The maximum Gasteiger partial charge on any atom is 0.223 e. The topological polar surface area (TPSA) is 32.3 Å². The van der Waals surface area contributed by atoms with E-state index >= 15 is 0 Å².